The number of aryl methyl sites for hydroxylation is 1. The van der Waals surface area contributed by atoms with Gasteiger partial charge in [0.05, 0.1) is 35.1 Å². The molecule has 0 N–H and O–H groups in total. The monoisotopic (exact) mass is 570 g/mol. The Kier molecular flexibility index (Phi) is 7.45. The molecule has 0 spiro atoms. The van der Waals surface area contributed by atoms with E-state index in [-0.39, 0.29) is 11.7 Å². The molecule has 3 aromatic carbocycles. The molecule has 1 fully saturated rings. The van der Waals surface area contributed by atoms with Crippen LogP contribution in [0.15, 0.2) is 60.7 Å². The summed E-state index contributed by atoms with van der Waals surface area (Å²) in [6.45, 7) is 4.19. The van der Waals surface area contributed by atoms with Crippen LogP contribution in [0.2, 0.25) is 0 Å². The highest BCUT2D eigenvalue weighted by molar-refractivity contribution is 6.05. The molecule has 0 bridgehead atoms. The van der Waals surface area contributed by atoms with Crippen LogP contribution in [0.1, 0.15) is 54.9 Å². The predicted molar refractivity (Wildman–Crippen MR) is 160 cm³/mol. The first-order valence-corrected chi connectivity index (χ1v) is 14.5. The van der Waals surface area contributed by atoms with Crippen LogP contribution in [0.3, 0.4) is 0 Å². The zero-order valence-corrected chi connectivity index (χ0v) is 24.2. The van der Waals surface area contributed by atoms with Gasteiger partial charge in [-0.1, -0.05) is 25.5 Å². The number of benzene rings is 3. The molecule has 1 saturated heterocycles. The van der Waals surface area contributed by atoms with Gasteiger partial charge in [-0.05, 0) is 66.9 Å². The standard InChI is InChI=1S/C33H35FN4O4/c1-4-5-18-37-28-14-7-22(21-29(28)38-30(39)15-16-33(37,38)24-9-11-25(34)12-10-24)31-35-26-20-23(32(40)42-3)8-13-27(26)36(31)17-6-19-41-2/h7-14,20-21H,4-6,15-19H2,1-3H3. The van der Waals surface area contributed by atoms with Gasteiger partial charge in [-0.25, -0.2) is 14.2 Å². The molecule has 9 heteroatoms. The fraction of sp³-hybridized carbons (Fsp3) is 0.364. The molecule has 4 aromatic rings. The van der Waals surface area contributed by atoms with Crippen molar-refractivity contribution in [1.29, 1.82) is 0 Å². The Balaban J connectivity index is 1.50. The summed E-state index contributed by atoms with van der Waals surface area (Å²) in [6.07, 6.45) is 3.79. The number of amides is 1. The van der Waals surface area contributed by atoms with E-state index < -0.39 is 11.6 Å². The molecule has 0 radical (unpaired) electrons. The van der Waals surface area contributed by atoms with Gasteiger partial charge in [-0.15, -0.1) is 0 Å². The largest absolute Gasteiger partial charge is 0.465 e. The van der Waals surface area contributed by atoms with Crippen molar-refractivity contribution in [2.45, 2.75) is 51.2 Å². The molecule has 1 amide bonds. The van der Waals surface area contributed by atoms with Crippen molar-refractivity contribution in [2.75, 3.05) is 37.2 Å². The summed E-state index contributed by atoms with van der Waals surface area (Å²) in [5.41, 5.74) is 4.92. The van der Waals surface area contributed by atoms with Gasteiger partial charge < -0.3 is 18.9 Å². The second kappa shape index (κ2) is 11.2. The van der Waals surface area contributed by atoms with Gasteiger partial charge in [-0.3, -0.25) is 9.69 Å². The van der Waals surface area contributed by atoms with E-state index in [1.807, 2.05) is 11.0 Å². The van der Waals surface area contributed by atoms with Crippen LogP contribution < -0.4 is 9.80 Å². The maximum atomic E-state index is 14.0. The molecule has 3 heterocycles. The van der Waals surface area contributed by atoms with Crippen LogP contribution >= 0.6 is 0 Å². The molecule has 0 aliphatic carbocycles. The van der Waals surface area contributed by atoms with Crippen LogP contribution in [-0.4, -0.2) is 48.8 Å². The summed E-state index contributed by atoms with van der Waals surface area (Å²) in [6, 6.07) is 18.1. The summed E-state index contributed by atoms with van der Waals surface area (Å²) in [4.78, 5) is 35.0. The average molecular weight is 571 g/mol. The molecule has 2 aliphatic rings. The smallest absolute Gasteiger partial charge is 0.337 e. The minimum absolute atomic E-state index is 0.0491. The Labute approximate surface area is 244 Å². The fourth-order valence-corrected chi connectivity index (χ4v) is 6.53. The van der Waals surface area contributed by atoms with Crippen LogP contribution in [-0.2, 0) is 26.5 Å². The van der Waals surface area contributed by atoms with Gasteiger partial charge in [0.15, 0.2) is 0 Å². The van der Waals surface area contributed by atoms with Crippen LogP contribution in [0, 0.1) is 5.82 Å². The van der Waals surface area contributed by atoms with E-state index in [0.717, 1.165) is 59.7 Å². The third kappa shape index (κ3) is 4.43. The van der Waals surface area contributed by atoms with Crippen LogP contribution in [0.4, 0.5) is 15.8 Å². The number of fused-ring (bicyclic) bond motifs is 4. The van der Waals surface area contributed by atoms with Gasteiger partial charge in [-0.2, -0.15) is 0 Å². The molecule has 1 atom stereocenters. The number of anilines is 2. The number of unbranched alkanes of at least 4 members (excludes halogenated alkanes) is 1. The molecular formula is C33H35FN4O4. The number of carbonyl (C=O) groups is 2. The maximum Gasteiger partial charge on any atom is 0.337 e. The summed E-state index contributed by atoms with van der Waals surface area (Å²) in [7, 11) is 3.04. The number of aromatic nitrogens is 2. The van der Waals surface area contributed by atoms with E-state index in [1.54, 1.807) is 31.4 Å². The van der Waals surface area contributed by atoms with E-state index in [2.05, 4.69) is 34.6 Å². The number of hydrogen-bond donors (Lipinski definition) is 0. The topological polar surface area (TPSA) is 76.9 Å². The first-order chi connectivity index (χ1) is 20.4. The molecule has 1 unspecified atom stereocenters. The van der Waals surface area contributed by atoms with E-state index in [4.69, 9.17) is 14.5 Å². The molecule has 8 nitrogen and oxygen atoms in total. The SMILES string of the molecule is CCCCN1c2ccc(-c3nc4cc(C(=O)OC)ccc4n3CCCOC)cc2N2C(=O)CCC12c1ccc(F)cc1. The summed E-state index contributed by atoms with van der Waals surface area (Å²) < 4.78 is 26.4. The Hall–Kier alpha value is -4.24. The minimum atomic E-state index is -0.699. The number of rotatable bonds is 10. The number of nitrogens with zero attached hydrogens (tertiary/aromatic N) is 4. The average Bonchev–Trinajstić information content (AvgIpc) is 3.64. The van der Waals surface area contributed by atoms with E-state index in [1.165, 1.54) is 19.2 Å². The normalized spacial score (nSPS) is 17.7. The number of ether oxygens (including phenoxy) is 2. The van der Waals surface area contributed by atoms with Gasteiger partial charge >= 0.3 is 5.97 Å². The Bertz CT molecular complexity index is 1650. The predicted octanol–water partition coefficient (Wildman–Crippen LogP) is 6.27. The van der Waals surface area contributed by atoms with Gasteiger partial charge in [0, 0.05) is 45.2 Å². The van der Waals surface area contributed by atoms with Gasteiger partial charge in [0.25, 0.3) is 0 Å². The lowest BCUT2D eigenvalue weighted by Crippen LogP contribution is -2.52. The molecule has 1 aromatic heterocycles. The summed E-state index contributed by atoms with van der Waals surface area (Å²) in [5, 5.41) is 0. The van der Waals surface area contributed by atoms with Gasteiger partial charge in [0.2, 0.25) is 5.91 Å². The number of halogens is 1. The first-order valence-electron chi connectivity index (χ1n) is 14.5. The zero-order chi connectivity index (χ0) is 29.4. The first kappa shape index (κ1) is 27.9. The highest BCUT2D eigenvalue weighted by Crippen LogP contribution is 2.56. The molecule has 2 aliphatic heterocycles. The second-order valence-electron chi connectivity index (χ2n) is 10.9. The number of carbonyl (C=O) groups excluding carboxylic acids is 2. The van der Waals surface area contributed by atoms with Crippen molar-refractivity contribution in [3.63, 3.8) is 0 Å². The number of hydrogen-bond acceptors (Lipinski definition) is 6. The van der Waals surface area contributed by atoms with Crippen molar-refractivity contribution in [1.82, 2.24) is 9.55 Å². The maximum absolute atomic E-state index is 14.0. The number of imidazole rings is 1. The molecular weight excluding hydrogens is 535 g/mol. The summed E-state index contributed by atoms with van der Waals surface area (Å²) in [5.74, 6) is 0.0819. The lowest BCUT2D eigenvalue weighted by molar-refractivity contribution is -0.117. The number of esters is 1. The van der Waals surface area contributed by atoms with E-state index in [9.17, 15) is 14.0 Å². The van der Waals surface area contributed by atoms with Crippen molar-refractivity contribution < 1.29 is 23.5 Å². The molecule has 0 saturated carbocycles. The third-order valence-corrected chi connectivity index (χ3v) is 8.46. The quantitative estimate of drug-likeness (QED) is 0.165. The second-order valence-corrected chi connectivity index (χ2v) is 10.9. The molecule has 42 heavy (non-hydrogen) atoms. The Morgan fingerprint density at radius 2 is 1.81 bits per heavy atom. The Morgan fingerprint density at radius 1 is 1.00 bits per heavy atom. The number of methoxy groups -OCH3 is 2. The summed E-state index contributed by atoms with van der Waals surface area (Å²) >= 11 is 0. The Morgan fingerprint density at radius 3 is 2.55 bits per heavy atom. The highest BCUT2D eigenvalue weighted by Gasteiger charge is 2.57. The van der Waals surface area contributed by atoms with E-state index >= 15 is 0 Å². The highest BCUT2D eigenvalue weighted by atomic mass is 19.1. The van der Waals surface area contributed by atoms with Crippen molar-refractivity contribution in [3.05, 3.63) is 77.6 Å². The van der Waals surface area contributed by atoms with E-state index in [0.29, 0.717) is 37.1 Å². The fourth-order valence-electron chi connectivity index (χ4n) is 6.53. The van der Waals surface area contributed by atoms with Crippen LogP contribution in [0.25, 0.3) is 22.4 Å². The molecule has 218 valence electrons. The van der Waals surface area contributed by atoms with Gasteiger partial charge in [0.1, 0.15) is 17.3 Å². The van der Waals surface area contributed by atoms with Crippen molar-refractivity contribution >= 4 is 34.3 Å². The van der Waals surface area contributed by atoms with Crippen molar-refractivity contribution in [2.24, 2.45) is 0 Å². The molecule has 6 rings (SSSR count). The minimum Gasteiger partial charge on any atom is -0.465 e. The third-order valence-electron chi connectivity index (χ3n) is 8.46. The van der Waals surface area contributed by atoms with Crippen LogP contribution in [0.5, 0.6) is 0 Å². The lowest BCUT2D eigenvalue weighted by Gasteiger charge is -2.41. The zero-order valence-electron chi connectivity index (χ0n) is 24.2. The van der Waals surface area contributed by atoms with Crippen molar-refractivity contribution in [3.8, 4) is 11.4 Å². The lowest BCUT2D eigenvalue weighted by atomic mass is 9.95.